The summed E-state index contributed by atoms with van der Waals surface area (Å²) < 4.78 is 23.6. The van der Waals surface area contributed by atoms with E-state index >= 15 is 0 Å². The van der Waals surface area contributed by atoms with Crippen molar-refractivity contribution in [1.29, 1.82) is 0 Å². The summed E-state index contributed by atoms with van der Waals surface area (Å²) in [6.07, 6.45) is 31.6. The van der Waals surface area contributed by atoms with Gasteiger partial charge in [-0.1, -0.05) is 161 Å². The van der Waals surface area contributed by atoms with Gasteiger partial charge >= 0.3 is 11.9 Å². The number of benzene rings is 5. The Labute approximate surface area is 437 Å². The van der Waals surface area contributed by atoms with Crippen LogP contribution >= 0.6 is 0 Å². The van der Waals surface area contributed by atoms with E-state index in [1.54, 1.807) is 60.7 Å². The van der Waals surface area contributed by atoms with E-state index in [0.29, 0.717) is 52.7 Å². The number of aryl methyl sites for hydroxylation is 3. The van der Waals surface area contributed by atoms with Crippen LogP contribution in [0.5, 0.6) is 23.0 Å². The minimum atomic E-state index is -0.562. The maximum Gasteiger partial charge on any atom is 0.343 e. The maximum absolute atomic E-state index is 13.2. The number of carbonyl (C=O) groups is 2. The standard InChI is InChI=1S/C63H84N4O6/c1-6-8-10-12-14-16-18-20-22-24-26-28-44-70-59-42-39-56(46-50(59)4)66-64-54-35-31-52(32-36-54)62(68)72-58-41-30-49(3)61(48-58)73-63(69)53-33-37-55(38-34-53)65-67-57-40-43-60(51(5)47-57)71-45-29-27-25-23-21-19-17-15-13-11-9-7-2/h30-43,46-48H,6-29,44-45H2,1-5H3. The van der Waals surface area contributed by atoms with E-state index in [9.17, 15) is 9.59 Å². The van der Waals surface area contributed by atoms with E-state index in [-0.39, 0.29) is 11.5 Å². The first kappa shape index (κ1) is 57.7. The molecule has 0 spiro atoms. The Morgan fingerprint density at radius 2 is 0.685 bits per heavy atom. The van der Waals surface area contributed by atoms with E-state index in [0.717, 1.165) is 35.5 Å². The van der Waals surface area contributed by atoms with Gasteiger partial charge in [-0.3, -0.25) is 0 Å². The molecular weight excluding hydrogens is 909 g/mol. The van der Waals surface area contributed by atoms with Crippen molar-refractivity contribution in [2.75, 3.05) is 13.2 Å². The molecule has 0 N–H and O–H groups in total. The summed E-state index contributed by atoms with van der Waals surface area (Å²) in [4.78, 5) is 26.3. The van der Waals surface area contributed by atoms with Crippen molar-refractivity contribution in [2.45, 2.75) is 189 Å². The fraction of sp³-hybridized carbons (Fsp3) is 0.492. The Morgan fingerprint density at radius 3 is 1.07 bits per heavy atom. The zero-order valence-electron chi connectivity index (χ0n) is 44.9. The third kappa shape index (κ3) is 22.7. The van der Waals surface area contributed by atoms with Crippen LogP contribution < -0.4 is 18.9 Å². The lowest BCUT2D eigenvalue weighted by Gasteiger charge is -2.10. The van der Waals surface area contributed by atoms with Crippen LogP contribution in [0.3, 0.4) is 0 Å². The van der Waals surface area contributed by atoms with Crippen molar-refractivity contribution in [3.8, 4) is 23.0 Å². The molecule has 0 amide bonds. The van der Waals surface area contributed by atoms with Gasteiger partial charge < -0.3 is 18.9 Å². The summed E-state index contributed by atoms with van der Waals surface area (Å²) in [7, 11) is 0. The van der Waals surface area contributed by atoms with E-state index in [1.165, 1.54) is 147 Å². The maximum atomic E-state index is 13.2. The van der Waals surface area contributed by atoms with Crippen LogP contribution in [0.15, 0.2) is 124 Å². The molecule has 5 aromatic rings. The van der Waals surface area contributed by atoms with Gasteiger partial charge in [0.25, 0.3) is 0 Å². The number of hydrogen-bond donors (Lipinski definition) is 0. The molecule has 0 aromatic heterocycles. The van der Waals surface area contributed by atoms with Gasteiger partial charge in [0.15, 0.2) is 0 Å². The first-order valence-corrected chi connectivity index (χ1v) is 27.8. The highest BCUT2D eigenvalue weighted by Crippen LogP contribution is 2.30. The van der Waals surface area contributed by atoms with Gasteiger partial charge in [0.1, 0.15) is 23.0 Å². The molecule has 392 valence electrons. The highest BCUT2D eigenvalue weighted by molar-refractivity contribution is 5.92. The fourth-order valence-corrected chi connectivity index (χ4v) is 8.60. The molecule has 5 rings (SSSR count). The molecule has 10 heteroatoms. The lowest BCUT2D eigenvalue weighted by atomic mass is 10.1. The zero-order valence-corrected chi connectivity index (χ0v) is 44.9. The second-order valence-corrected chi connectivity index (χ2v) is 19.6. The van der Waals surface area contributed by atoms with Gasteiger partial charge in [0.05, 0.1) is 47.1 Å². The normalized spacial score (nSPS) is 11.4. The van der Waals surface area contributed by atoms with Crippen molar-refractivity contribution in [3.05, 3.63) is 131 Å². The second kappa shape index (κ2) is 34.3. The molecule has 73 heavy (non-hydrogen) atoms. The van der Waals surface area contributed by atoms with E-state index in [2.05, 4.69) is 34.3 Å². The van der Waals surface area contributed by atoms with Crippen molar-refractivity contribution in [3.63, 3.8) is 0 Å². The number of ether oxygens (including phenoxy) is 4. The molecule has 0 bridgehead atoms. The smallest absolute Gasteiger partial charge is 0.343 e. The highest BCUT2D eigenvalue weighted by atomic mass is 16.5. The average Bonchev–Trinajstić information content (AvgIpc) is 3.40. The lowest BCUT2D eigenvalue weighted by molar-refractivity contribution is 0.0731. The Kier molecular flexibility index (Phi) is 27.1. The average molecular weight is 993 g/mol. The summed E-state index contributed by atoms with van der Waals surface area (Å²) >= 11 is 0. The monoisotopic (exact) mass is 993 g/mol. The van der Waals surface area contributed by atoms with Crippen LogP contribution in [0.2, 0.25) is 0 Å². The Morgan fingerprint density at radius 1 is 0.342 bits per heavy atom. The molecular formula is C63H84N4O6. The van der Waals surface area contributed by atoms with Crippen LogP contribution in [0, 0.1) is 20.8 Å². The molecule has 0 aliphatic carbocycles. The summed E-state index contributed by atoms with van der Waals surface area (Å²) in [6.45, 7) is 11.8. The van der Waals surface area contributed by atoms with Crippen LogP contribution in [-0.4, -0.2) is 25.2 Å². The van der Waals surface area contributed by atoms with Gasteiger partial charge in [0, 0.05) is 6.07 Å². The van der Waals surface area contributed by atoms with Gasteiger partial charge in [0.2, 0.25) is 0 Å². The first-order chi connectivity index (χ1) is 35.7. The van der Waals surface area contributed by atoms with Crippen molar-refractivity contribution >= 4 is 34.7 Å². The van der Waals surface area contributed by atoms with E-state index in [1.807, 2.05) is 57.2 Å². The van der Waals surface area contributed by atoms with Gasteiger partial charge in [-0.05, 0) is 141 Å². The highest BCUT2D eigenvalue weighted by Gasteiger charge is 2.15. The van der Waals surface area contributed by atoms with Crippen LogP contribution in [0.4, 0.5) is 22.7 Å². The molecule has 0 heterocycles. The Hall–Kier alpha value is -6.16. The number of hydrogen-bond acceptors (Lipinski definition) is 10. The SMILES string of the molecule is CCCCCCCCCCCCCCOc1ccc(N=Nc2ccc(C(=O)Oc3ccc(C)c(OC(=O)c4ccc(N=Nc5ccc(OCCCCCCCCCCCCCC)c(C)c5)cc4)c3)cc2)cc1C. The molecule has 10 nitrogen and oxygen atoms in total. The predicted molar refractivity (Wildman–Crippen MR) is 298 cm³/mol. The minimum absolute atomic E-state index is 0.240. The summed E-state index contributed by atoms with van der Waals surface area (Å²) in [5, 5.41) is 17.6. The molecule has 0 saturated heterocycles. The molecule has 0 radical (unpaired) electrons. The Balaban J connectivity index is 0.987. The van der Waals surface area contributed by atoms with Gasteiger partial charge in [-0.2, -0.15) is 20.5 Å². The molecule has 0 fully saturated rings. The third-order valence-corrected chi connectivity index (χ3v) is 13.2. The zero-order chi connectivity index (χ0) is 51.7. The number of esters is 2. The lowest BCUT2D eigenvalue weighted by Crippen LogP contribution is -2.11. The van der Waals surface area contributed by atoms with Crippen LogP contribution in [0.1, 0.15) is 205 Å². The molecule has 5 aromatic carbocycles. The topological polar surface area (TPSA) is 121 Å². The molecule has 0 unspecified atom stereocenters. The van der Waals surface area contributed by atoms with Crippen molar-refractivity contribution < 1.29 is 28.5 Å². The summed E-state index contributed by atoms with van der Waals surface area (Å²) in [5.41, 5.74) is 6.01. The summed E-state index contributed by atoms with van der Waals surface area (Å²) in [6, 6.07) is 30.0. The number of azo groups is 2. The molecule has 0 saturated carbocycles. The number of carbonyl (C=O) groups excluding carboxylic acids is 2. The van der Waals surface area contributed by atoms with Crippen molar-refractivity contribution in [1.82, 2.24) is 0 Å². The van der Waals surface area contributed by atoms with Gasteiger partial charge in [-0.15, -0.1) is 0 Å². The quantitative estimate of drug-likeness (QED) is 0.0171. The minimum Gasteiger partial charge on any atom is -0.493 e. The van der Waals surface area contributed by atoms with E-state index < -0.39 is 11.9 Å². The Bertz CT molecular complexity index is 2430. The molecule has 0 aliphatic heterocycles. The fourth-order valence-electron chi connectivity index (χ4n) is 8.60. The largest absolute Gasteiger partial charge is 0.493 e. The number of rotatable bonds is 36. The number of unbranched alkanes of at least 4 members (excludes halogenated alkanes) is 22. The first-order valence-electron chi connectivity index (χ1n) is 27.8. The van der Waals surface area contributed by atoms with Crippen LogP contribution in [0.25, 0.3) is 0 Å². The van der Waals surface area contributed by atoms with E-state index in [4.69, 9.17) is 18.9 Å². The third-order valence-electron chi connectivity index (χ3n) is 13.2. The molecule has 0 aliphatic rings. The van der Waals surface area contributed by atoms with Crippen molar-refractivity contribution in [2.24, 2.45) is 20.5 Å². The van der Waals surface area contributed by atoms with Gasteiger partial charge in [-0.25, -0.2) is 9.59 Å². The number of nitrogens with zero attached hydrogens (tertiary/aromatic N) is 4. The summed E-state index contributed by atoms with van der Waals surface area (Å²) in [5.74, 6) is 1.14. The predicted octanol–water partition coefficient (Wildman–Crippen LogP) is 20.0. The second-order valence-electron chi connectivity index (χ2n) is 19.6. The van der Waals surface area contributed by atoms with Crippen LogP contribution in [-0.2, 0) is 0 Å². The molecule has 0 atom stereocenters.